The summed E-state index contributed by atoms with van der Waals surface area (Å²) in [7, 11) is 0. The number of hydrogen-bond acceptors (Lipinski definition) is 6. The molecule has 90 valence electrons. The van der Waals surface area contributed by atoms with Gasteiger partial charge in [0.25, 0.3) is 5.91 Å². The number of fused-ring (bicyclic) bond motifs is 1. The summed E-state index contributed by atoms with van der Waals surface area (Å²) in [4.78, 5) is 16.1. The van der Waals surface area contributed by atoms with E-state index in [1.807, 2.05) is 24.3 Å². The van der Waals surface area contributed by atoms with Gasteiger partial charge in [-0.3, -0.25) is 10.1 Å². The Morgan fingerprint density at radius 2 is 2.17 bits per heavy atom. The van der Waals surface area contributed by atoms with Crippen LogP contribution in [0.25, 0.3) is 10.2 Å². The third kappa shape index (κ3) is 1.78. The maximum absolute atomic E-state index is 11.8. The highest BCUT2D eigenvalue weighted by molar-refractivity contribution is 7.22. The number of nitrogens with two attached hydrogens (primary N) is 1. The zero-order valence-corrected chi connectivity index (χ0v) is 9.86. The van der Waals surface area contributed by atoms with Gasteiger partial charge in [-0.05, 0) is 12.1 Å². The van der Waals surface area contributed by atoms with E-state index in [2.05, 4.69) is 25.7 Å². The maximum atomic E-state index is 11.8. The monoisotopic (exact) mass is 260 g/mol. The van der Waals surface area contributed by atoms with Crippen LogP contribution in [0.4, 0.5) is 10.9 Å². The smallest absolute Gasteiger partial charge is 0.281 e. The number of carbonyl (C=O) groups is 1. The zero-order valence-electron chi connectivity index (χ0n) is 9.04. The number of rotatable bonds is 2. The average molecular weight is 260 g/mol. The number of hydrogen-bond donors (Lipinski definition) is 3. The van der Waals surface area contributed by atoms with Crippen molar-refractivity contribution in [1.29, 1.82) is 0 Å². The highest BCUT2D eigenvalue weighted by Gasteiger charge is 2.15. The third-order valence-electron chi connectivity index (χ3n) is 2.30. The standard InChI is InChI=1S/C10H8N6OS/c11-8-7(14-16-15-8)9(17)13-10-12-5-3-1-2-4-6(5)18-10/h1-4H,(H,12,13,17)(H3,11,14,15,16). The molecule has 0 unspecified atom stereocenters. The van der Waals surface area contributed by atoms with Crippen LogP contribution in [-0.4, -0.2) is 26.3 Å². The molecule has 2 heterocycles. The van der Waals surface area contributed by atoms with Gasteiger partial charge in [0.05, 0.1) is 10.2 Å². The summed E-state index contributed by atoms with van der Waals surface area (Å²) in [6.07, 6.45) is 0. The first-order valence-electron chi connectivity index (χ1n) is 5.07. The molecule has 18 heavy (non-hydrogen) atoms. The van der Waals surface area contributed by atoms with Gasteiger partial charge in [-0.25, -0.2) is 4.98 Å². The van der Waals surface area contributed by atoms with Gasteiger partial charge in [-0.1, -0.05) is 23.5 Å². The number of amides is 1. The Hall–Kier alpha value is -2.48. The summed E-state index contributed by atoms with van der Waals surface area (Å²) in [5.74, 6) is -0.367. The molecule has 3 rings (SSSR count). The van der Waals surface area contributed by atoms with Gasteiger partial charge in [0, 0.05) is 0 Å². The quantitative estimate of drug-likeness (QED) is 0.642. The fraction of sp³-hybridized carbons (Fsp3) is 0. The Bertz CT molecular complexity index is 685. The molecule has 0 aliphatic heterocycles. The molecule has 4 N–H and O–H groups in total. The number of aromatic nitrogens is 4. The number of thiazole rings is 1. The average Bonchev–Trinajstić information content (AvgIpc) is 2.94. The molecule has 0 spiro atoms. The molecule has 0 fully saturated rings. The Morgan fingerprint density at radius 1 is 1.33 bits per heavy atom. The van der Waals surface area contributed by atoms with E-state index in [1.165, 1.54) is 11.3 Å². The normalized spacial score (nSPS) is 10.7. The van der Waals surface area contributed by atoms with E-state index < -0.39 is 5.91 Å². The largest absolute Gasteiger partial charge is 0.380 e. The van der Waals surface area contributed by atoms with Gasteiger partial charge in [0.2, 0.25) is 0 Å². The fourth-order valence-corrected chi connectivity index (χ4v) is 2.35. The number of H-pyrrole nitrogens is 1. The highest BCUT2D eigenvalue weighted by Crippen LogP contribution is 2.25. The second-order valence-electron chi connectivity index (χ2n) is 3.50. The van der Waals surface area contributed by atoms with Crippen LogP contribution in [-0.2, 0) is 0 Å². The second-order valence-corrected chi connectivity index (χ2v) is 4.53. The lowest BCUT2D eigenvalue weighted by atomic mass is 10.3. The van der Waals surface area contributed by atoms with E-state index in [-0.39, 0.29) is 11.5 Å². The molecule has 2 aromatic heterocycles. The second kappa shape index (κ2) is 4.08. The first-order chi connectivity index (χ1) is 8.74. The van der Waals surface area contributed by atoms with Gasteiger partial charge in [0.1, 0.15) is 0 Å². The molecule has 0 saturated heterocycles. The Kier molecular flexibility index (Phi) is 2.41. The molecule has 0 radical (unpaired) electrons. The van der Waals surface area contributed by atoms with Crippen molar-refractivity contribution in [3.05, 3.63) is 30.0 Å². The predicted octanol–water partition coefficient (Wildman–Crippen LogP) is 1.25. The molecule has 3 aromatic rings. The zero-order chi connectivity index (χ0) is 12.5. The molecule has 0 bridgehead atoms. The summed E-state index contributed by atoms with van der Waals surface area (Å²) in [5.41, 5.74) is 6.39. The first-order valence-corrected chi connectivity index (χ1v) is 5.89. The minimum atomic E-state index is -0.430. The molecule has 0 aliphatic rings. The number of para-hydroxylation sites is 1. The number of benzene rings is 1. The number of aromatic amines is 1. The molecule has 0 atom stereocenters. The number of carbonyl (C=O) groups excluding carboxylic acids is 1. The molecule has 1 aromatic carbocycles. The van der Waals surface area contributed by atoms with E-state index in [4.69, 9.17) is 5.73 Å². The number of nitrogen functional groups attached to an aromatic ring is 1. The van der Waals surface area contributed by atoms with E-state index in [0.717, 1.165) is 10.2 Å². The van der Waals surface area contributed by atoms with E-state index in [9.17, 15) is 4.79 Å². The van der Waals surface area contributed by atoms with E-state index >= 15 is 0 Å². The topological polar surface area (TPSA) is 110 Å². The summed E-state index contributed by atoms with van der Waals surface area (Å²) in [6, 6.07) is 7.63. The van der Waals surface area contributed by atoms with Crippen LogP contribution in [0.1, 0.15) is 10.5 Å². The minimum Gasteiger partial charge on any atom is -0.380 e. The minimum absolute atomic E-state index is 0.0635. The Morgan fingerprint density at radius 3 is 2.89 bits per heavy atom. The van der Waals surface area contributed by atoms with Crippen LogP contribution in [0.15, 0.2) is 24.3 Å². The van der Waals surface area contributed by atoms with Crippen molar-refractivity contribution >= 4 is 38.4 Å². The van der Waals surface area contributed by atoms with Gasteiger partial charge < -0.3 is 5.73 Å². The Labute approximate surface area is 105 Å². The molecule has 8 heteroatoms. The highest BCUT2D eigenvalue weighted by atomic mass is 32.1. The van der Waals surface area contributed by atoms with Crippen molar-refractivity contribution in [2.24, 2.45) is 0 Å². The maximum Gasteiger partial charge on any atom is 0.281 e. The molecule has 0 aliphatic carbocycles. The van der Waals surface area contributed by atoms with Crippen molar-refractivity contribution in [3.8, 4) is 0 Å². The number of nitrogens with zero attached hydrogens (tertiary/aromatic N) is 3. The van der Waals surface area contributed by atoms with Gasteiger partial charge in [0.15, 0.2) is 16.6 Å². The molecule has 7 nitrogen and oxygen atoms in total. The van der Waals surface area contributed by atoms with Crippen LogP contribution < -0.4 is 11.1 Å². The third-order valence-corrected chi connectivity index (χ3v) is 3.26. The van der Waals surface area contributed by atoms with Crippen LogP contribution in [0.5, 0.6) is 0 Å². The first kappa shape index (κ1) is 10.7. The summed E-state index contributed by atoms with van der Waals surface area (Å²) < 4.78 is 1.00. The van der Waals surface area contributed by atoms with Crippen LogP contribution in [0.3, 0.4) is 0 Å². The van der Waals surface area contributed by atoms with Crippen molar-refractivity contribution in [2.75, 3.05) is 11.1 Å². The van der Waals surface area contributed by atoms with E-state index in [0.29, 0.717) is 5.13 Å². The number of anilines is 2. The summed E-state index contributed by atoms with van der Waals surface area (Å²) in [5, 5.41) is 12.7. The molecule has 1 amide bonds. The van der Waals surface area contributed by atoms with Crippen molar-refractivity contribution in [1.82, 2.24) is 20.4 Å². The lowest BCUT2D eigenvalue weighted by Gasteiger charge is -1.96. The Balaban J connectivity index is 1.88. The van der Waals surface area contributed by atoms with Crippen LogP contribution in [0.2, 0.25) is 0 Å². The lowest BCUT2D eigenvalue weighted by molar-refractivity contribution is 0.102. The summed E-state index contributed by atoms with van der Waals surface area (Å²) >= 11 is 1.39. The predicted molar refractivity (Wildman–Crippen MR) is 68.4 cm³/mol. The number of nitrogens with one attached hydrogen (secondary N) is 2. The lowest BCUT2D eigenvalue weighted by Crippen LogP contribution is -2.14. The van der Waals surface area contributed by atoms with Crippen LogP contribution >= 0.6 is 11.3 Å². The van der Waals surface area contributed by atoms with Gasteiger partial charge >= 0.3 is 0 Å². The SMILES string of the molecule is Nc1n[nH]nc1C(=O)Nc1nc2ccccc2s1. The fourth-order valence-electron chi connectivity index (χ4n) is 1.49. The van der Waals surface area contributed by atoms with E-state index in [1.54, 1.807) is 0 Å². The van der Waals surface area contributed by atoms with Crippen molar-refractivity contribution in [3.63, 3.8) is 0 Å². The summed E-state index contributed by atoms with van der Waals surface area (Å²) in [6.45, 7) is 0. The molecular formula is C10H8N6OS. The van der Waals surface area contributed by atoms with Crippen molar-refractivity contribution < 1.29 is 4.79 Å². The van der Waals surface area contributed by atoms with Gasteiger partial charge in [-0.2, -0.15) is 5.21 Å². The van der Waals surface area contributed by atoms with Crippen molar-refractivity contribution in [2.45, 2.75) is 0 Å². The molecule has 0 saturated carbocycles. The van der Waals surface area contributed by atoms with Crippen LogP contribution in [0, 0.1) is 0 Å². The molecular weight excluding hydrogens is 252 g/mol. The van der Waals surface area contributed by atoms with Gasteiger partial charge in [-0.15, -0.1) is 10.2 Å².